The molecule has 0 bridgehead atoms. The van der Waals surface area contributed by atoms with Crippen molar-refractivity contribution < 1.29 is 14.7 Å². The van der Waals surface area contributed by atoms with Gasteiger partial charge in [-0.3, -0.25) is 9.59 Å². The molecule has 4 heteroatoms. The van der Waals surface area contributed by atoms with E-state index in [4.69, 9.17) is 5.11 Å². The largest absolute Gasteiger partial charge is 0.481 e. The van der Waals surface area contributed by atoms with Gasteiger partial charge >= 0.3 is 5.97 Å². The van der Waals surface area contributed by atoms with Gasteiger partial charge < -0.3 is 10.4 Å². The molecule has 2 unspecified atom stereocenters. The lowest BCUT2D eigenvalue weighted by molar-refractivity contribution is -0.138. The lowest BCUT2D eigenvalue weighted by atomic mass is 9.84. The fourth-order valence-corrected chi connectivity index (χ4v) is 2.16. The molecule has 0 aliphatic rings. The summed E-state index contributed by atoms with van der Waals surface area (Å²) in [4.78, 5) is 22.1. The molecule has 4 nitrogen and oxygen atoms in total. The summed E-state index contributed by atoms with van der Waals surface area (Å²) in [6, 6.07) is 0. The Bertz CT molecular complexity index is 281. The highest BCUT2D eigenvalue weighted by atomic mass is 16.4. The van der Waals surface area contributed by atoms with Crippen LogP contribution in [-0.2, 0) is 9.59 Å². The van der Waals surface area contributed by atoms with Gasteiger partial charge in [-0.1, -0.05) is 34.6 Å². The topological polar surface area (TPSA) is 66.4 Å². The minimum atomic E-state index is -0.821. The van der Waals surface area contributed by atoms with Gasteiger partial charge in [0.1, 0.15) is 0 Å². The van der Waals surface area contributed by atoms with Gasteiger partial charge in [-0.15, -0.1) is 0 Å². The van der Waals surface area contributed by atoms with Gasteiger partial charge in [0.15, 0.2) is 0 Å². The van der Waals surface area contributed by atoms with Crippen molar-refractivity contribution in [1.82, 2.24) is 5.32 Å². The molecular weight excluding hydrogens is 230 g/mol. The lowest BCUT2D eigenvalue weighted by Gasteiger charge is -2.23. The molecule has 0 aromatic carbocycles. The molecule has 18 heavy (non-hydrogen) atoms. The van der Waals surface area contributed by atoms with Crippen molar-refractivity contribution in [2.75, 3.05) is 6.54 Å². The zero-order valence-corrected chi connectivity index (χ0v) is 12.2. The number of amides is 1. The molecule has 0 saturated heterocycles. The Balaban J connectivity index is 3.87. The summed E-state index contributed by atoms with van der Waals surface area (Å²) >= 11 is 0. The zero-order valence-electron chi connectivity index (χ0n) is 12.2. The quantitative estimate of drug-likeness (QED) is 0.737. The molecule has 2 N–H and O–H groups in total. The van der Waals surface area contributed by atoms with E-state index in [0.29, 0.717) is 18.9 Å². The summed E-state index contributed by atoms with van der Waals surface area (Å²) in [5.41, 5.74) is 0.232. The summed E-state index contributed by atoms with van der Waals surface area (Å²) in [7, 11) is 0. The van der Waals surface area contributed by atoms with Gasteiger partial charge in [0, 0.05) is 19.4 Å². The van der Waals surface area contributed by atoms with Crippen LogP contribution in [0.4, 0.5) is 0 Å². The molecule has 0 aliphatic heterocycles. The van der Waals surface area contributed by atoms with Gasteiger partial charge in [-0.25, -0.2) is 0 Å². The van der Waals surface area contributed by atoms with E-state index < -0.39 is 5.97 Å². The van der Waals surface area contributed by atoms with Crippen LogP contribution < -0.4 is 5.32 Å². The van der Waals surface area contributed by atoms with E-state index in [1.54, 1.807) is 0 Å². The number of hydrogen-bond donors (Lipinski definition) is 2. The van der Waals surface area contributed by atoms with Gasteiger partial charge in [-0.2, -0.15) is 0 Å². The molecule has 0 heterocycles. The normalized spacial score (nSPS) is 14.9. The van der Waals surface area contributed by atoms with Crippen molar-refractivity contribution in [3.8, 4) is 0 Å². The van der Waals surface area contributed by atoms with E-state index in [-0.39, 0.29) is 23.7 Å². The second kappa shape index (κ2) is 7.39. The van der Waals surface area contributed by atoms with E-state index >= 15 is 0 Å². The second-order valence-corrected chi connectivity index (χ2v) is 6.58. The number of rotatable bonds is 7. The molecule has 0 rings (SSSR count). The van der Waals surface area contributed by atoms with Gasteiger partial charge in [0.05, 0.1) is 0 Å². The van der Waals surface area contributed by atoms with Crippen molar-refractivity contribution >= 4 is 11.9 Å². The molecule has 2 atom stereocenters. The van der Waals surface area contributed by atoms with E-state index in [0.717, 1.165) is 6.42 Å². The summed E-state index contributed by atoms with van der Waals surface area (Å²) in [5.74, 6) is -0.481. The van der Waals surface area contributed by atoms with Crippen molar-refractivity contribution in [3.05, 3.63) is 0 Å². The van der Waals surface area contributed by atoms with Gasteiger partial charge in [0.2, 0.25) is 5.91 Å². The molecule has 0 aromatic heterocycles. The molecule has 0 radical (unpaired) electrons. The molecular formula is C14H27NO3. The number of nitrogens with one attached hydrogen (secondary N) is 1. The van der Waals surface area contributed by atoms with E-state index in [1.807, 2.05) is 6.92 Å². The monoisotopic (exact) mass is 257 g/mol. The predicted molar refractivity (Wildman–Crippen MR) is 72.3 cm³/mol. The van der Waals surface area contributed by atoms with E-state index in [1.165, 1.54) is 0 Å². The number of carboxylic acids is 1. The van der Waals surface area contributed by atoms with Crippen molar-refractivity contribution in [2.24, 2.45) is 17.3 Å². The van der Waals surface area contributed by atoms with Crippen molar-refractivity contribution in [2.45, 2.75) is 53.9 Å². The smallest absolute Gasteiger partial charge is 0.303 e. The van der Waals surface area contributed by atoms with Gasteiger partial charge in [-0.05, 0) is 23.7 Å². The first-order valence-corrected chi connectivity index (χ1v) is 6.58. The number of carbonyl (C=O) groups excluding carboxylic acids is 1. The third kappa shape index (κ3) is 10.1. The first kappa shape index (κ1) is 16.9. The SMILES string of the molecule is CC(CNC(=O)CC(C)CC(C)(C)C)CC(=O)O. The van der Waals surface area contributed by atoms with E-state index in [2.05, 4.69) is 33.0 Å². The first-order valence-electron chi connectivity index (χ1n) is 6.58. The summed E-state index contributed by atoms with van der Waals surface area (Å²) in [6.07, 6.45) is 1.61. The minimum absolute atomic E-state index is 0.0176. The highest BCUT2D eigenvalue weighted by molar-refractivity contribution is 5.76. The van der Waals surface area contributed by atoms with Crippen LogP contribution in [0.5, 0.6) is 0 Å². The maximum absolute atomic E-state index is 11.7. The Kier molecular flexibility index (Phi) is 6.96. The Labute approximate surface area is 110 Å². The molecule has 0 saturated carbocycles. The highest BCUT2D eigenvalue weighted by Crippen LogP contribution is 2.25. The second-order valence-electron chi connectivity index (χ2n) is 6.58. The molecule has 0 aromatic rings. The van der Waals surface area contributed by atoms with Crippen LogP contribution in [0.15, 0.2) is 0 Å². The number of hydrogen-bond acceptors (Lipinski definition) is 2. The Morgan fingerprint density at radius 1 is 1.11 bits per heavy atom. The van der Waals surface area contributed by atoms with Crippen molar-refractivity contribution in [3.63, 3.8) is 0 Å². The maximum Gasteiger partial charge on any atom is 0.303 e. The molecule has 0 aliphatic carbocycles. The lowest BCUT2D eigenvalue weighted by Crippen LogP contribution is -2.30. The zero-order chi connectivity index (χ0) is 14.3. The summed E-state index contributed by atoms with van der Waals surface area (Å²) in [6.45, 7) is 10.8. The van der Waals surface area contributed by atoms with Crippen LogP contribution in [0.1, 0.15) is 53.9 Å². The third-order valence-corrected chi connectivity index (χ3v) is 2.67. The summed E-state index contributed by atoms with van der Waals surface area (Å²) < 4.78 is 0. The van der Waals surface area contributed by atoms with E-state index in [9.17, 15) is 9.59 Å². The van der Waals surface area contributed by atoms with Crippen LogP contribution in [-0.4, -0.2) is 23.5 Å². The molecule has 0 fully saturated rings. The highest BCUT2D eigenvalue weighted by Gasteiger charge is 2.18. The summed E-state index contributed by atoms with van der Waals surface area (Å²) in [5, 5.41) is 11.4. The minimum Gasteiger partial charge on any atom is -0.481 e. The maximum atomic E-state index is 11.7. The first-order chi connectivity index (χ1) is 8.10. The average Bonchev–Trinajstić information content (AvgIpc) is 2.10. The van der Waals surface area contributed by atoms with Crippen LogP contribution in [0.2, 0.25) is 0 Å². The van der Waals surface area contributed by atoms with Crippen LogP contribution in [0.25, 0.3) is 0 Å². The van der Waals surface area contributed by atoms with Gasteiger partial charge in [0.25, 0.3) is 0 Å². The molecule has 106 valence electrons. The van der Waals surface area contributed by atoms with Crippen LogP contribution >= 0.6 is 0 Å². The Hall–Kier alpha value is -1.06. The standard InChI is InChI=1S/C14H27NO3/c1-10(8-14(3,4)5)6-12(16)15-9-11(2)7-13(17)18/h10-11H,6-9H2,1-5H3,(H,15,16)(H,17,18). The third-order valence-electron chi connectivity index (χ3n) is 2.67. The number of carboxylic acid groups (broad SMARTS) is 1. The Morgan fingerprint density at radius 2 is 1.67 bits per heavy atom. The van der Waals surface area contributed by atoms with Crippen molar-refractivity contribution in [1.29, 1.82) is 0 Å². The van der Waals surface area contributed by atoms with Crippen LogP contribution in [0.3, 0.4) is 0 Å². The predicted octanol–water partition coefficient (Wildman–Crippen LogP) is 2.68. The Morgan fingerprint density at radius 3 is 2.11 bits per heavy atom. The average molecular weight is 257 g/mol. The molecule has 0 spiro atoms. The fraction of sp³-hybridized carbons (Fsp3) is 0.857. The molecule has 1 amide bonds. The van der Waals surface area contributed by atoms with Crippen LogP contribution in [0, 0.1) is 17.3 Å². The number of aliphatic carboxylic acids is 1. The fourth-order valence-electron chi connectivity index (χ4n) is 2.16. The number of carbonyl (C=O) groups is 2.